The molecule has 180 valence electrons. The van der Waals surface area contributed by atoms with E-state index in [1.165, 1.54) is 17.6 Å². The first kappa shape index (κ1) is 24.8. The van der Waals surface area contributed by atoms with Gasteiger partial charge in [-0.1, -0.05) is 17.8 Å². The second kappa shape index (κ2) is 11.9. The van der Waals surface area contributed by atoms with Crippen molar-refractivity contribution in [2.75, 3.05) is 20.0 Å². The van der Waals surface area contributed by atoms with Crippen LogP contribution in [-0.2, 0) is 4.79 Å². The first-order chi connectivity index (χ1) is 17.6. The number of thioether (sulfide) groups is 1. The molecular weight excluding hydrogens is 496 g/mol. The van der Waals surface area contributed by atoms with Crippen LogP contribution in [-0.4, -0.2) is 47.0 Å². The molecule has 0 aliphatic rings. The van der Waals surface area contributed by atoms with Crippen molar-refractivity contribution in [2.45, 2.75) is 5.03 Å². The van der Waals surface area contributed by atoms with Crippen LogP contribution < -0.4 is 14.9 Å². The first-order valence-electron chi connectivity index (χ1n) is 10.5. The molecule has 3 aromatic heterocycles. The SMILES string of the molecule is COc1ccc(/C=N/NC(=O)CSc2nc(-c3cnccn3)cc(-c3cccs3)c2C#N)cc1OC. The molecule has 36 heavy (non-hydrogen) atoms. The Bertz CT molecular complexity index is 1420. The number of hydrogen-bond acceptors (Lipinski definition) is 10. The molecule has 11 heteroatoms. The molecule has 0 spiro atoms. The highest BCUT2D eigenvalue weighted by atomic mass is 32.2. The summed E-state index contributed by atoms with van der Waals surface area (Å²) in [7, 11) is 3.10. The lowest BCUT2D eigenvalue weighted by Crippen LogP contribution is -2.19. The Hall–Kier alpha value is -4.27. The topological polar surface area (TPSA) is 122 Å². The van der Waals surface area contributed by atoms with Crippen LogP contribution in [0.2, 0.25) is 0 Å². The largest absolute Gasteiger partial charge is 0.493 e. The number of nitriles is 1. The van der Waals surface area contributed by atoms with Gasteiger partial charge in [-0.3, -0.25) is 14.8 Å². The molecule has 0 aliphatic heterocycles. The Morgan fingerprint density at radius 3 is 2.75 bits per heavy atom. The lowest BCUT2D eigenvalue weighted by Gasteiger charge is -2.10. The van der Waals surface area contributed by atoms with Crippen LogP contribution in [0.4, 0.5) is 0 Å². The lowest BCUT2D eigenvalue weighted by atomic mass is 10.1. The van der Waals surface area contributed by atoms with Gasteiger partial charge in [0.05, 0.1) is 43.6 Å². The van der Waals surface area contributed by atoms with Gasteiger partial charge >= 0.3 is 0 Å². The van der Waals surface area contributed by atoms with Crippen molar-refractivity contribution in [2.24, 2.45) is 5.10 Å². The predicted octanol–water partition coefficient (Wildman–Crippen LogP) is 4.40. The summed E-state index contributed by atoms with van der Waals surface area (Å²) in [6.07, 6.45) is 6.27. The maximum absolute atomic E-state index is 12.5. The third kappa shape index (κ3) is 5.86. The average Bonchev–Trinajstić information content (AvgIpc) is 3.46. The number of benzene rings is 1. The molecule has 1 aromatic carbocycles. The van der Waals surface area contributed by atoms with E-state index in [9.17, 15) is 10.1 Å². The van der Waals surface area contributed by atoms with Crippen LogP contribution in [0.5, 0.6) is 11.5 Å². The summed E-state index contributed by atoms with van der Waals surface area (Å²) in [5.74, 6) is 0.827. The van der Waals surface area contributed by atoms with E-state index < -0.39 is 0 Å². The number of hydrazone groups is 1. The van der Waals surface area contributed by atoms with Gasteiger partial charge in [-0.25, -0.2) is 10.4 Å². The number of hydrogen-bond donors (Lipinski definition) is 1. The molecule has 1 amide bonds. The molecule has 0 atom stereocenters. The summed E-state index contributed by atoms with van der Waals surface area (Å²) in [5, 5.41) is 16.3. The minimum atomic E-state index is -0.343. The number of carbonyl (C=O) groups excluding carboxylic acids is 1. The van der Waals surface area contributed by atoms with Crippen molar-refractivity contribution in [3.8, 4) is 39.4 Å². The molecular formula is C25H20N6O3S2. The smallest absolute Gasteiger partial charge is 0.250 e. The van der Waals surface area contributed by atoms with Crippen LogP contribution in [0.25, 0.3) is 21.8 Å². The molecule has 4 rings (SSSR count). The highest BCUT2D eigenvalue weighted by Crippen LogP contribution is 2.35. The van der Waals surface area contributed by atoms with E-state index in [1.807, 2.05) is 23.6 Å². The van der Waals surface area contributed by atoms with Gasteiger partial charge in [-0.15, -0.1) is 11.3 Å². The fourth-order valence-electron chi connectivity index (χ4n) is 3.20. The summed E-state index contributed by atoms with van der Waals surface area (Å²) < 4.78 is 10.5. The van der Waals surface area contributed by atoms with E-state index in [0.29, 0.717) is 33.5 Å². The standard InChI is InChI=1S/C25H20N6O3S2/c1-33-21-6-5-16(10-22(21)34-2)13-29-31-24(32)15-36-25-18(12-26)17(23-4-3-9-35-23)11-19(30-25)20-14-27-7-8-28-20/h3-11,13-14H,15H2,1-2H3,(H,31,32)/b29-13+. The Balaban J connectivity index is 1.51. The van der Waals surface area contributed by atoms with Crippen LogP contribution in [0.15, 0.2) is 70.5 Å². The second-order valence-electron chi connectivity index (χ2n) is 7.11. The third-order valence-electron chi connectivity index (χ3n) is 4.86. The lowest BCUT2D eigenvalue weighted by molar-refractivity contribution is -0.118. The van der Waals surface area contributed by atoms with E-state index in [-0.39, 0.29) is 11.7 Å². The second-order valence-corrected chi connectivity index (χ2v) is 9.02. The number of amides is 1. The maximum atomic E-state index is 12.5. The fraction of sp³-hybridized carbons (Fsp3) is 0.120. The maximum Gasteiger partial charge on any atom is 0.250 e. The molecule has 1 N–H and O–H groups in total. The van der Waals surface area contributed by atoms with Crippen molar-refractivity contribution >= 4 is 35.2 Å². The van der Waals surface area contributed by atoms with Gasteiger partial charge < -0.3 is 9.47 Å². The Morgan fingerprint density at radius 2 is 2.06 bits per heavy atom. The number of nitrogens with zero attached hydrogens (tertiary/aromatic N) is 5. The number of aromatic nitrogens is 3. The number of thiophene rings is 1. The Kier molecular flexibility index (Phi) is 8.23. The number of rotatable bonds is 9. The summed E-state index contributed by atoms with van der Waals surface area (Å²) in [6, 6.07) is 13.2. The minimum Gasteiger partial charge on any atom is -0.493 e. The molecule has 0 aliphatic carbocycles. The summed E-state index contributed by atoms with van der Waals surface area (Å²) in [6.45, 7) is 0. The van der Waals surface area contributed by atoms with E-state index >= 15 is 0 Å². The van der Waals surface area contributed by atoms with Crippen molar-refractivity contribution in [3.63, 3.8) is 0 Å². The van der Waals surface area contributed by atoms with Crippen molar-refractivity contribution in [3.05, 3.63) is 71.5 Å². The van der Waals surface area contributed by atoms with Gasteiger partial charge in [-0.05, 0) is 41.3 Å². The van der Waals surface area contributed by atoms with Gasteiger partial charge in [0.15, 0.2) is 11.5 Å². The summed E-state index contributed by atoms with van der Waals surface area (Å²) >= 11 is 2.67. The highest BCUT2D eigenvalue weighted by molar-refractivity contribution is 8.00. The van der Waals surface area contributed by atoms with Crippen molar-refractivity contribution < 1.29 is 14.3 Å². The fourth-order valence-corrected chi connectivity index (χ4v) is 4.75. The van der Waals surface area contributed by atoms with E-state index in [4.69, 9.17) is 9.47 Å². The number of carbonyl (C=O) groups is 1. The van der Waals surface area contributed by atoms with E-state index in [2.05, 4.69) is 31.5 Å². The van der Waals surface area contributed by atoms with E-state index in [0.717, 1.165) is 27.8 Å². The predicted molar refractivity (Wildman–Crippen MR) is 139 cm³/mol. The summed E-state index contributed by atoms with van der Waals surface area (Å²) in [4.78, 5) is 26.5. The zero-order valence-electron chi connectivity index (χ0n) is 19.3. The van der Waals surface area contributed by atoms with Crippen LogP contribution in [0.1, 0.15) is 11.1 Å². The van der Waals surface area contributed by atoms with Gasteiger partial charge in [0.2, 0.25) is 5.91 Å². The van der Waals surface area contributed by atoms with Crippen LogP contribution >= 0.6 is 23.1 Å². The quantitative estimate of drug-likeness (QED) is 0.197. The molecule has 9 nitrogen and oxygen atoms in total. The van der Waals surface area contributed by atoms with Gasteiger partial charge in [0.1, 0.15) is 16.8 Å². The van der Waals surface area contributed by atoms with E-state index in [1.54, 1.807) is 51.0 Å². The average molecular weight is 517 g/mol. The zero-order valence-corrected chi connectivity index (χ0v) is 21.0. The van der Waals surface area contributed by atoms with Crippen LogP contribution in [0, 0.1) is 11.3 Å². The molecule has 0 saturated carbocycles. The van der Waals surface area contributed by atoms with Crippen molar-refractivity contribution in [1.82, 2.24) is 20.4 Å². The molecule has 0 saturated heterocycles. The molecule has 0 fully saturated rings. The van der Waals surface area contributed by atoms with Crippen LogP contribution in [0.3, 0.4) is 0 Å². The van der Waals surface area contributed by atoms with Gasteiger partial charge in [0, 0.05) is 22.8 Å². The van der Waals surface area contributed by atoms with Gasteiger partial charge in [0.25, 0.3) is 0 Å². The number of nitrogens with one attached hydrogen (secondary N) is 1. The molecule has 3 heterocycles. The number of pyridine rings is 1. The third-order valence-corrected chi connectivity index (χ3v) is 6.74. The Labute approximate surface area is 215 Å². The highest BCUT2D eigenvalue weighted by Gasteiger charge is 2.18. The molecule has 0 bridgehead atoms. The molecule has 0 unspecified atom stereocenters. The molecule has 0 radical (unpaired) electrons. The number of ether oxygens (including phenoxy) is 2. The normalized spacial score (nSPS) is 10.7. The summed E-state index contributed by atoms with van der Waals surface area (Å²) in [5.41, 5.74) is 5.51. The zero-order chi connectivity index (χ0) is 25.3. The monoisotopic (exact) mass is 516 g/mol. The van der Waals surface area contributed by atoms with Gasteiger partial charge in [-0.2, -0.15) is 10.4 Å². The number of methoxy groups -OCH3 is 2. The minimum absolute atomic E-state index is 0.0127. The van der Waals surface area contributed by atoms with Crippen molar-refractivity contribution in [1.29, 1.82) is 5.26 Å². The Morgan fingerprint density at radius 1 is 1.19 bits per heavy atom. The molecule has 4 aromatic rings. The first-order valence-corrected chi connectivity index (χ1v) is 12.4.